The first-order valence-electron chi connectivity index (χ1n) is 6.20. The Kier molecular flexibility index (Phi) is 4.66. The lowest BCUT2D eigenvalue weighted by Gasteiger charge is -2.25. The Hall–Kier alpha value is -1.27. The van der Waals surface area contributed by atoms with Crippen LogP contribution < -0.4 is 16.0 Å². The largest absolute Gasteiger partial charge is 0.382 e. The molecule has 0 saturated carbocycles. The van der Waals surface area contributed by atoms with Crippen molar-refractivity contribution in [2.45, 2.75) is 19.3 Å². The van der Waals surface area contributed by atoms with Crippen LogP contribution in [0.5, 0.6) is 0 Å². The van der Waals surface area contributed by atoms with Gasteiger partial charge in [-0.2, -0.15) is 0 Å². The van der Waals surface area contributed by atoms with Gasteiger partial charge in [-0.1, -0.05) is 29.5 Å². The summed E-state index contributed by atoms with van der Waals surface area (Å²) in [6.45, 7) is 5.71. The van der Waals surface area contributed by atoms with Crippen molar-refractivity contribution in [1.82, 2.24) is 10.3 Å². The Bertz CT molecular complexity index is 482. The van der Waals surface area contributed by atoms with Gasteiger partial charge in [-0.15, -0.1) is 0 Å². The number of thiazole rings is 1. The van der Waals surface area contributed by atoms with E-state index in [-0.39, 0.29) is 18.3 Å². The van der Waals surface area contributed by atoms with Gasteiger partial charge in [0, 0.05) is 18.1 Å². The van der Waals surface area contributed by atoms with Crippen LogP contribution >= 0.6 is 22.9 Å². The van der Waals surface area contributed by atoms with E-state index in [1.807, 2.05) is 0 Å². The number of carbonyl (C=O) groups is 1. The molecule has 1 saturated heterocycles. The predicted molar refractivity (Wildman–Crippen MR) is 79.9 cm³/mol. The molecule has 2 heterocycles. The normalized spacial score (nSPS) is 15.3. The molecule has 3 N–H and O–H groups in total. The molecular formula is C12H17ClN4OS. The molecule has 0 unspecified atom stereocenters. The van der Waals surface area contributed by atoms with Crippen molar-refractivity contribution >= 4 is 39.8 Å². The van der Waals surface area contributed by atoms with Crippen LogP contribution in [0.3, 0.4) is 0 Å². The van der Waals surface area contributed by atoms with Gasteiger partial charge in [0.05, 0.1) is 6.54 Å². The van der Waals surface area contributed by atoms with Crippen LogP contribution in [0, 0.1) is 0 Å². The van der Waals surface area contributed by atoms with E-state index in [1.165, 1.54) is 17.8 Å². The van der Waals surface area contributed by atoms with Gasteiger partial charge in [-0.3, -0.25) is 4.79 Å². The van der Waals surface area contributed by atoms with E-state index in [9.17, 15) is 4.79 Å². The number of anilines is 2. The highest BCUT2D eigenvalue weighted by atomic mass is 35.5. The third kappa shape index (κ3) is 3.61. The van der Waals surface area contributed by atoms with Gasteiger partial charge in [-0.25, -0.2) is 4.98 Å². The predicted octanol–water partition coefficient (Wildman–Crippen LogP) is 2.20. The van der Waals surface area contributed by atoms with Gasteiger partial charge < -0.3 is 16.0 Å². The minimum absolute atomic E-state index is 0.233. The third-order valence-corrected chi connectivity index (χ3v) is 4.18. The van der Waals surface area contributed by atoms with E-state index < -0.39 is 0 Å². The number of aromatic nitrogens is 1. The summed E-state index contributed by atoms with van der Waals surface area (Å²) in [5.41, 5.74) is 5.81. The van der Waals surface area contributed by atoms with Crippen molar-refractivity contribution < 1.29 is 4.79 Å². The highest BCUT2D eigenvalue weighted by molar-refractivity contribution is 7.18. The number of hydrogen-bond donors (Lipinski definition) is 2. The summed E-state index contributed by atoms with van der Waals surface area (Å²) >= 11 is 6.95. The summed E-state index contributed by atoms with van der Waals surface area (Å²) in [4.78, 5) is 18.8. The van der Waals surface area contributed by atoms with E-state index in [1.54, 1.807) is 0 Å². The number of rotatable bonds is 4. The summed E-state index contributed by atoms with van der Waals surface area (Å²) in [6, 6.07) is 0. The third-order valence-electron chi connectivity index (χ3n) is 2.92. The number of hydrogen-bond acceptors (Lipinski definition) is 5. The molecule has 0 aromatic carbocycles. The molecule has 1 aromatic rings. The van der Waals surface area contributed by atoms with Crippen molar-refractivity contribution in [3.05, 3.63) is 16.5 Å². The van der Waals surface area contributed by atoms with E-state index in [0.29, 0.717) is 9.91 Å². The molecular weight excluding hydrogens is 284 g/mol. The number of amides is 1. The number of carbonyl (C=O) groups excluding carboxylic acids is 1. The zero-order valence-corrected chi connectivity index (χ0v) is 12.2. The van der Waals surface area contributed by atoms with Crippen molar-refractivity contribution in [1.29, 1.82) is 0 Å². The summed E-state index contributed by atoms with van der Waals surface area (Å²) in [5.74, 6) is 0.0308. The van der Waals surface area contributed by atoms with E-state index >= 15 is 0 Å². The Morgan fingerprint density at radius 3 is 2.79 bits per heavy atom. The van der Waals surface area contributed by atoms with Crippen LogP contribution in [-0.4, -0.2) is 30.5 Å². The lowest BCUT2D eigenvalue weighted by atomic mass is 10.1. The number of nitrogens with one attached hydrogen (secondary N) is 1. The van der Waals surface area contributed by atoms with Gasteiger partial charge in [-0.05, 0) is 19.3 Å². The van der Waals surface area contributed by atoms with Crippen LogP contribution in [0.4, 0.5) is 10.9 Å². The van der Waals surface area contributed by atoms with Crippen molar-refractivity contribution in [2.75, 3.05) is 30.3 Å². The molecule has 0 spiro atoms. The molecule has 1 aliphatic heterocycles. The van der Waals surface area contributed by atoms with Crippen LogP contribution in [0.2, 0.25) is 0 Å². The van der Waals surface area contributed by atoms with E-state index in [0.717, 1.165) is 31.1 Å². The molecule has 104 valence electrons. The van der Waals surface area contributed by atoms with Gasteiger partial charge >= 0.3 is 0 Å². The number of nitrogen functional groups attached to an aromatic ring is 1. The fraction of sp³-hybridized carbons (Fsp3) is 0.500. The Labute approximate surface area is 121 Å². The maximum atomic E-state index is 11.9. The summed E-state index contributed by atoms with van der Waals surface area (Å²) in [7, 11) is 0. The molecule has 1 amide bonds. The molecule has 19 heavy (non-hydrogen) atoms. The highest BCUT2D eigenvalue weighted by Crippen LogP contribution is 2.29. The smallest absolute Gasteiger partial charge is 0.265 e. The molecule has 0 radical (unpaired) electrons. The maximum absolute atomic E-state index is 11.9. The van der Waals surface area contributed by atoms with Crippen LogP contribution in [-0.2, 0) is 0 Å². The molecule has 5 nitrogen and oxygen atoms in total. The van der Waals surface area contributed by atoms with Crippen molar-refractivity contribution in [3.8, 4) is 0 Å². The minimum Gasteiger partial charge on any atom is -0.382 e. The maximum Gasteiger partial charge on any atom is 0.265 e. The van der Waals surface area contributed by atoms with Gasteiger partial charge in [0.25, 0.3) is 5.91 Å². The average molecular weight is 301 g/mol. The second-order valence-electron chi connectivity index (χ2n) is 4.46. The minimum atomic E-state index is -0.250. The zero-order valence-electron chi connectivity index (χ0n) is 10.6. The molecule has 7 heteroatoms. The summed E-state index contributed by atoms with van der Waals surface area (Å²) in [5, 5.41) is 3.87. The number of halogens is 1. The van der Waals surface area contributed by atoms with Crippen LogP contribution in [0.1, 0.15) is 28.9 Å². The number of nitrogens with two attached hydrogens (primary N) is 1. The molecule has 0 aliphatic carbocycles. The highest BCUT2D eigenvalue weighted by Gasteiger charge is 2.20. The number of nitrogens with zero attached hydrogens (tertiary/aromatic N) is 2. The van der Waals surface area contributed by atoms with Gasteiger partial charge in [0.2, 0.25) is 0 Å². The first kappa shape index (κ1) is 14.1. The Morgan fingerprint density at radius 2 is 2.16 bits per heavy atom. The molecule has 1 fully saturated rings. The second-order valence-corrected chi connectivity index (χ2v) is 5.97. The van der Waals surface area contributed by atoms with Crippen molar-refractivity contribution in [3.63, 3.8) is 0 Å². The average Bonchev–Trinajstić information content (AvgIpc) is 2.79. The SMILES string of the molecule is C=C(Cl)CNC(=O)c1sc(N2CCCCC2)nc1N. The van der Waals surface area contributed by atoms with Gasteiger partial charge in [0.1, 0.15) is 10.7 Å². The van der Waals surface area contributed by atoms with Crippen molar-refractivity contribution in [2.24, 2.45) is 0 Å². The zero-order chi connectivity index (χ0) is 13.8. The number of piperidine rings is 1. The van der Waals surface area contributed by atoms with Gasteiger partial charge in [0.15, 0.2) is 5.13 Å². The van der Waals surface area contributed by atoms with E-state index in [2.05, 4.69) is 21.8 Å². The first-order valence-corrected chi connectivity index (χ1v) is 7.40. The second kappa shape index (κ2) is 6.25. The van der Waals surface area contributed by atoms with Crippen LogP contribution in [0.25, 0.3) is 0 Å². The monoisotopic (exact) mass is 300 g/mol. The first-order chi connectivity index (χ1) is 9.08. The molecule has 1 aromatic heterocycles. The summed E-state index contributed by atoms with van der Waals surface area (Å²) < 4.78 is 0. The lowest BCUT2D eigenvalue weighted by molar-refractivity contribution is 0.0962. The van der Waals surface area contributed by atoms with E-state index in [4.69, 9.17) is 17.3 Å². The Morgan fingerprint density at radius 1 is 1.47 bits per heavy atom. The summed E-state index contributed by atoms with van der Waals surface area (Å²) in [6.07, 6.45) is 3.57. The Balaban J connectivity index is 2.07. The molecule has 2 rings (SSSR count). The van der Waals surface area contributed by atoms with Crippen LogP contribution in [0.15, 0.2) is 11.6 Å². The standard InChI is InChI=1S/C12H17ClN4OS/c1-8(13)7-15-11(18)9-10(14)16-12(19-9)17-5-3-2-4-6-17/h1-7,14H2,(H,15,18). The lowest BCUT2D eigenvalue weighted by Crippen LogP contribution is -2.29. The molecule has 1 aliphatic rings. The topological polar surface area (TPSA) is 71.2 Å². The molecule has 0 atom stereocenters. The quantitative estimate of drug-likeness (QED) is 0.894. The fourth-order valence-corrected chi connectivity index (χ4v) is 2.98. The fourth-order valence-electron chi connectivity index (χ4n) is 1.96. The molecule has 0 bridgehead atoms.